The van der Waals surface area contributed by atoms with Crippen molar-refractivity contribution in [2.24, 2.45) is 0 Å². The fourth-order valence-electron chi connectivity index (χ4n) is 4.03. The lowest BCUT2D eigenvalue weighted by Gasteiger charge is -2.23. The van der Waals surface area contributed by atoms with Crippen LogP contribution < -0.4 is 17.0 Å². The third kappa shape index (κ3) is 32.3. The van der Waals surface area contributed by atoms with E-state index >= 15 is 0 Å². The van der Waals surface area contributed by atoms with Gasteiger partial charge in [0.05, 0.1) is 40.9 Å². The van der Waals surface area contributed by atoms with Crippen LogP contribution in [0.1, 0.15) is 122 Å². The number of halogens is 1. The van der Waals surface area contributed by atoms with Crippen molar-refractivity contribution in [2.75, 3.05) is 54.1 Å². The molecule has 0 saturated heterocycles. The molecule has 0 amide bonds. The molecule has 202 valence electrons. The van der Waals surface area contributed by atoms with E-state index in [-0.39, 0.29) is 17.0 Å². The molecule has 0 aliphatic rings. The number of hydrogen-bond donors (Lipinski definition) is 1. The number of unbranched alkanes of at least 4 members (excludes halogenated alkanes) is 16. The fraction of sp³-hybridized carbons (Fsp3) is 1.00. The quantitative estimate of drug-likeness (QED) is 0.133. The Morgan fingerprint density at radius 1 is 0.545 bits per heavy atom. The van der Waals surface area contributed by atoms with Gasteiger partial charge in [0.25, 0.3) is 0 Å². The first-order valence-corrected chi connectivity index (χ1v) is 14.1. The minimum Gasteiger partial charge on any atom is -1.00 e. The van der Waals surface area contributed by atoms with Crippen molar-refractivity contribution in [1.82, 2.24) is 0 Å². The average molecular weight is 539 g/mol. The van der Waals surface area contributed by atoms with Crippen LogP contribution >= 0.6 is 0 Å². The molecule has 0 heterocycles. The molecule has 0 aromatic rings. The standard InChI is InChI=1S/C28H60NO3.BrH/c1-5-6-7-8-9-10-11-12-13-14-15-16-17-18-19-21-24-31-26-28(30)27-32-25-22-20-23-29(2,3)4;/h28,30H,5-27H2,1-4H3;1H/q+1;/p-1. The Balaban J connectivity index is 0. The van der Waals surface area contributed by atoms with Gasteiger partial charge in [0.15, 0.2) is 0 Å². The fourth-order valence-corrected chi connectivity index (χ4v) is 4.03. The number of hydrogen-bond acceptors (Lipinski definition) is 3. The molecular formula is C28H60BrNO3. The van der Waals surface area contributed by atoms with Crippen LogP contribution in [-0.2, 0) is 9.47 Å². The second kappa shape index (κ2) is 26.9. The Hall–Kier alpha value is 0.320. The second-order valence-corrected chi connectivity index (χ2v) is 10.8. The van der Waals surface area contributed by atoms with E-state index in [1.54, 1.807) is 0 Å². The van der Waals surface area contributed by atoms with E-state index in [1.165, 1.54) is 96.3 Å². The molecule has 4 nitrogen and oxygen atoms in total. The van der Waals surface area contributed by atoms with E-state index in [0.29, 0.717) is 13.2 Å². The van der Waals surface area contributed by atoms with Gasteiger partial charge in [-0.1, -0.05) is 103 Å². The predicted octanol–water partition coefficient (Wildman–Crippen LogP) is 4.13. The van der Waals surface area contributed by atoms with Crippen molar-refractivity contribution >= 4 is 0 Å². The number of quaternary nitrogens is 1. The van der Waals surface area contributed by atoms with Gasteiger partial charge < -0.3 is 36.0 Å². The largest absolute Gasteiger partial charge is 1.00 e. The summed E-state index contributed by atoms with van der Waals surface area (Å²) >= 11 is 0. The molecule has 5 heteroatoms. The topological polar surface area (TPSA) is 38.7 Å². The molecule has 0 aromatic carbocycles. The molecule has 0 bridgehead atoms. The zero-order valence-corrected chi connectivity index (χ0v) is 24.5. The molecule has 1 atom stereocenters. The van der Waals surface area contributed by atoms with Crippen molar-refractivity contribution < 1.29 is 36.0 Å². The molecule has 0 spiro atoms. The third-order valence-electron chi connectivity index (χ3n) is 6.13. The van der Waals surface area contributed by atoms with Crippen LogP contribution in [-0.4, -0.2) is 69.8 Å². The summed E-state index contributed by atoms with van der Waals surface area (Å²) in [6.07, 6.45) is 23.9. The van der Waals surface area contributed by atoms with E-state index in [9.17, 15) is 5.11 Å². The number of nitrogens with zero attached hydrogens (tertiary/aromatic N) is 1. The van der Waals surface area contributed by atoms with Crippen molar-refractivity contribution in [3.8, 4) is 0 Å². The summed E-state index contributed by atoms with van der Waals surface area (Å²) < 4.78 is 12.2. The van der Waals surface area contributed by atoms with Gasteiger partial charge in [-0.2, -0.15) is 0 Å². The first-order chi connectivity index (χ1) is 15.5. The monoisotopic (exact) mass is 537 g/mol. The van der Waals surface area contributed by atoms with Gasteiger partial charge in [-0.25, -0.2) is 0 Å². The summed E-state index contributed by atoms with van der Waals surface area (Å²) in [5.74, 6) is 0. The maximum absolute atomic E-state index is 9.92. The first-order valence-electron chi connectivity index (χ1n) is 14.1. The number of aliphatic hydroxyl groups is 1. The number of ether oxygens (including phenoxy) is 2. The predicted molar refractivity (Wildman–Crippen MR) is 139 cm³/mol. The van der Waals surface area contributed by atoms with Crippen LogP contribution in [0.4, 0.5) is 0 Å². The van der Waals surface area contributed by atoms with Crippen LogP contribution in [0.5, 0.6) is 0 Å². The molecule has 0 fully saturated rings. The van der Waals surface area contributed by atoms with Gasteiger partial charge >= 0.3 is 0 Å². The lowest BCUT2D eigenvalue weighted by Crippen LogP contribution is -3.00. The van der Waals surface area contributed by atoms with Gasteiger partial charge in [0.1, 0.15) is 6.10 Å². The highest BCUT2D eigenvalue weighted by atomic mass is 79.9. The SMILES string of the molecule is CCCCCCCCCCCCCCCCCCOCC(O)COCCCC[N+](C)(C)C.[Br-]. The summed E-state index contributed by atoms with van der Waals surface area (Å²) in [5.41, 5.74) is 0. The Bertz CT molecular complexity index is 364. The summed E-state index contributed by atoms with van der Waals surface area (Å²) in [5, 5.41) is 9.92. The van der Waals surface area contributed by atoms with Gasteiger partial charge in [-0.15, -0.1) is 0 Å². The van der Waals surface area contributed by atoms with Crippen molar-refractivity contribution in [1.29, 1.82) is 0 Å². The molecule has 0 rings (SSSR count). The molecular weight excluding hydrogens is 478 g/mol. The van der Waals surface area contributed by atoms with Crippen molar-refractivity contribution in [3.63, 3.8) is 0 Å². The summed E-state index contributed by atoms with van der Waals surface area (Å²) in [6.45, 7) is 5.74. The van der Waals surface area contributed by atoms with E-state index in [1.807, 2.05) is 0 Å². The van der Waals surface area contributed by atoms with Gasteiger partial charge in [0.2, 0.25) is 0 Å². The van der Waals surface area contributed by atoms with E-state index in [0.717, 1.165) is 43.5 Å². The third-order valence-corrected chi connectivity index (χ3v) is 6.13. The van der Waals surface area contributed by atoms with Crippen molar-refractivity contribution in [2.45, 2.75) is 129 Å². The van der Waals surface area contributed by atoms with Gasteiger partial charge in [0, 0.05) is 13.2 Å². The summed E-state index contributed by atoms with van der Waals surface area (Å²) in [6, 6.07) is 0. The summed E-state index contributed by atoms with van der Waals surface area (Å²) in [7, 11) is 6.63. The second-order valence-electron chi connectivity index (χ2n) is 10.8. The molecule has 1 unspecified atom stereocenters. The lowest BCUT2D eigenvalue weighted by atomic mass is 10.0. The highest BCUT2D eigenvalue weighted by molar-refractivity contribution is 4.53. The average Bonchev–Trinajstić information content (AvgIpc) is 2.74. The Morgan fingerprint density at radius 2 is 0.879 bits per heavy atom. The highest BCUT2D eigenvalue weighted by Gasteiger charge is 2.07. The number of aliphatic hydroxyl groups excluding tert-OH is 1. The smallest absolute Gasteiger partial charge is 0.101 e. The molecule has 1 N–H and O–H groups in total. The van der Waals surface area contributed by atoms with Gasteiger partial charge in [-0.05, 0) is 19.3 Å². The Labute approximate surface area is 218 Å². The lowest BCUT2D eigenvalue weighted by molar-refractivity contribution is -0.870. The maximum Gasteiger partial charge on any atom is 0.101 e. The molecule has 0 aliphatic carbocycles. The maximum atomic E-state index is 9.92. The molecule has 0 aliphatic heterocycles. The zero-order valence-electron chi connectivity index (χ0n) is 22.9. The van der Waals surface area contributed by atoms with Crippen LogP contribution in [0.25, 0.3) is 0 Å². The minimum atomic E-state index is -0.491. The Kier molecular flexibility index (Phi) is 28.9. The molecule has 33 heavy (non-hydrogen) atoms. The van der Waals surface area contributed by atoms with Crippen LogP contribution in [0.2, 0.25) is 0 Å². The summed E-state index contributed by atoms with van der Waals surface area (Å²) in [4.78, 5) is 0. The Morgan fingerprint density at radius 3 is 1.24 bits per heavy atom. The number of rotatable bonds is 26. The van der Waals surface area contributed by atoms with E-state index in [4.69, 9.17) is 9.47 Å². The minimum absolute atomic E-state index is 0. The van der Waals surface area contributed by atoms with Crippen molar-refractivity contribution in [3.05, 3.63) is 0 Å². The van der Waals surface area contributed by atoms with Crippen LogP contribution in [0, 0.1) is 0 Å². The molecule has 0 radical (unpaired) electrons. The first kappa shape index (κ1) is 35.5. The van der Waals surface area contributed by atoms with Crippen LogP contribution in [0.15, 0.2) is 0 Å². The van der Waals surface area contributed by atoms with Crippen LogP contribution in [0.3, 0.4) is 0 Å². The molecule has 0 aromatic heterocycles. The normalized spacial score (nSPS) is 12.6. The highest BCUT2D eigenvalue weighted by Crippen LogP contribution is 2.13. The van der Waals surface area contributed by atoms with E-state index in [2.05, 4.69) is 28.1 Å². The zero-order chi connectivity index (χ0) is 23.8. The van der Waals surface area contributed by atoms with Gasteiger partial charge in [-0.3, -0.25) is 0 Å². The van der Waals surface area contributed by atoms with E-state index < -0.39 is 6.10 Å². The molecule has 0 saturated carbocycles.